The van der Waals surface area contributed by atoms with E-state index in [1.165, 1.54) is 0 Å². The quantitative estimate of drug-likeness (QED) is 0.198. The molecule has 0 aromatic heterocycles. The molecule has 0 heterocycles. The molecular formula is C22H33N3O5S3. The molecule has 0 fully saturated rings. The van der Waals surface area contributed by atoms with Gasteiger partial charge < -0.3 is 5.73 Å². The molecule has 0 aliphatic rings. The molecule has 0 radical (unpaired) electrons. The largest absolute Gasteiger partial charge is 0.379 e. The number of sulfonamides is 1. The molecule has 0 spiro atoms. The van der Waals surface area contributed by atoms with E-state index in [9.17, 15) is 16.8 Å². The van der Waals surface area contributed by atoms with Gasteiger partial charge in [-0.2, -0.15) is 8.42 Å². The zero-order chi connectivity index (χ0) is 25.7. The van der Waals surface area contributed by atoms with Gasteiger partial charge in [0.05, 0.1) is 9.79 Å². The lowest BCUT2D eigenvalue weighted by atomic mass is 10.0. The minimum Gasteiger partial charge on any atom is -0.379 e. The van der Waals surface area contributed by atoms with E-state index in [2.05, 4.69) is 4.72 Å². The van der Waals surface area contributed by atoms with Gasteiger partial charge in [0.15, 0.2) is 5.17 Å². The maximum Gasteiger partial charge on any atom is 0.295 e. The molecular weight excluding hydrogens is 482 g/mol. The van der Waals surface area contributed by atoms with Gasteiger partial charge in [0.2, 0.25) is 10.0 Å². The molecule has 0 aliphatic heterocycles. The van der Waals surface area contributed by atoms with Gasteiger partial charge >= 0.3 is 0 Å². The van der Waals surface area contributed by atoms with Crippen molar-refractivity contribution in [2.45, 2.75) is 58.3 Å². The Kier molecular flexibility index (Phi) is 10.1. The van der Waals surface area contributed by atoms with E-state index in [-0.39, 0.29) is 16.6 Å². The molecule has 11 heteroatoms. The summed E-state index contributed by atoms with van der Waals surface area (Å²) in [5.41, 5.74) is 11.0. The van der Waals surface area contributed by atoms with Gasteiger partial charge in [-0.25, -0.2) is 13.1 Å². The fourth-order valence-electron chi connectivity index (χ4n) is 3.66. The van der Waals surface area contributed by atoms with E-state index in [4.69, 9.17) is 15.7 Å². The average Bonchev–Trinajstić information content (AvgIpc) is 2.61. The van der Waals surface area contributed by atoms with Gasteiger partial charge in [-0.1, -0.05) is 35.5 Å². The van der Waals surface area contributed by atoms with Crippen LogP contribution in [0.2, 0.25) is 0 Å². The van der Waals surface area contributed by atoms with Crippen LogP contribution in [-0.2, 0) is 20.1 Å². The van der Waals surface area contributed by atoms with Crippen molar-refractivity contribution < 1.29 is 21.4 Å². The molecule has 2 rings (SSSR count). The van der Waals surface area contributed by atoms with Gasteiger partial charge in [-0.3, -0.25) is 9.96 Å². The minimum atomic E-state index is -4.08. The van der Waals surface area contributed by atoms with Crippen molar-refractivity contribution in [1.82, 2.24) is 4.72 Å². The number of benzene rings is 2. The Labute approximate surface area is 201 Å². The summed E-state index contributed by atoms with van der Waals surface area (Å²) in [4.78, 5) is 0.381. The Morgan fingerprint density at radius 3 is 1.82 bits per heavy atom. The lowest BCUT2D eigenvalue weighted by Crippen LogP contribution is -2.28. The first-order valence-electron chi connectivity index (χ1n) is 10.1. The summed E-state index contributed by atoms with van der Waals surface area (Å²) in [5.74, 6) is 0.442. The summed E-state index contributed by atoms with van der Waals surface area (Å²) in [6.07, 6.45) is 0. The molecule has 33 heavy (non-hydrogen) atoms. The zero-order valence-electron chi connectivity index (χ0n) is 20.0. The molecule has 5 N–H and O–H groups in total. The summed E-state index contributed by atoms with van der Waals surface area (Å²) in [7, 11) is -7.61. The summed E-state index contributed by atoms with van der Waals surface area (Å²) >= 11 is 1.12. The molecule has 0 aliphatic carbocycles. The van der Waals surface area contributed by atoms with Crippen molar-refractivity contribution in [2.24, 2.45) is 5.73 Å². The van der Waals surface area contributed by atoms with Crippen LogP contribution >= 0.6 is 11.8 Å². The molecule has 8 nitrogen and oxygen atoms in total. The Bertz CT molecular complexity index is 1230. The highest BCUT2D eigenvalue weighted by molar-refractivity contribution is 8.13. The van der Waals surface area contributed by atoms with Crippen LogP contribution in [0.25, 0.3) is 0 Å². The summed E-state index contributed by atoms with van der Waals surface area (Å²) < 4.78 is 58.1. The molecule has 2 aromatic rings. The standard InChI is InChI=1S/C13H21N3O2S2.C9H12O3S/c1-8-7-9(2)12(11(4)10(8)3)20(17,18)16-5-6-19-13(14)15;1-6-4-7(2)9(8(3)5-6)13(10,11)12/h7,16H,5-6H2,1-4H3,(H3,14,15);4-5H,1-3H3,(H,10,11,12). The third-order valence-corrected chi connectivity index (χ3v) is 8.70. The topological polar surface area (TPSA) is 150 Å². The molecule has 184 valence electrons. The first-order valence-corrected chi connectivity index (χ1v) is 14.0. The number of hydrogen-bond acceptors (Lipinski definition) is 6. The smallest absolute Gasteiger partial charge is 0.295 e. The van der Waals surface area contributed by atoms with Crippen LogP contribution < -0.4 is 10.5 Å². The molecule has 0 bridgehead atoms. The maximum absolute atomic E-state index is 12.4. The van der Waals surface area contributed by atoms with E-state index in [0.29, 0.717) is 21.8 Å². The fourth-order valence-corrected chi connectivity index (χ4v) is 6.70. The summed E-state index contributed by atoms with van der Waals surface area (Å²) in [6.45, 7) is 13.0. The lowest BCUT2D eigenvalue weighted by molar-refractivity contribution is 0.482. The Balaban J connectivity index is 0.000000361. The second-order valence-corrected chi connectivity index (χ2v) is 12.1. The van der Waals surface area contributed by atoms with Crippen LogP contribution in [0.15, 0.2) is 28.0 Å². The highest BCUT2D eigenvalue weighted by Gasteiger charge is 2.21. The predicted octanol–water partition coefficient (Wildman–Crippen LogP) is 3.68. The highest BCUT2D eigenvalue weighted by Crippen LogP contribution is 2.25. The van der Waals surface area contributed by atoms with Crippen molar-refractivity contribution >= 4 is 37.1 Å². The molecule has 0 saturated carbocycles. The normalized spacial score (nSPS) is 11.6. The van der Waals surface area contributed by atoms with Crippen LogP contribution in [0.4, 0.5) is 0 Å². The molecule has 2 aromatic carbocycles. The van der Waals surface area contributed by atoms with Gasteiger partial charge in [-0.05, 0) is 81.8 Å². The van der Waals surface area contributed by atoms with Crippen molar-refractivity contribution in [1.29, 1.82) is 5.41 Å². The van der Waals surface area contributed by atoms with Crippen molar-refractivity contribution in [3.05, 3.63) is 57.1 Å². The van der Waals surface area contributed by atoms with Gasteiger partial charge in [0.25, 0.3) is 10.1 Å². The van der Waals surface area contributed by atoms with Crippen LogP contribution in [0.3, 0.4) is 0 Å². The average molecular weight is 516 g/mol. The molecule has 0 unspecified atom stereocenters. The predicted molar refractivity (Wildman–Crippen MR) is 135 cm³/mol. The minimum absolute atomic E-state index is 0.0114. The fraction of sp³-hybridized carbons (Fsp3) is 0.409. The van der Waals surface area contributed by atoms with E-state index < -0.39 is 20.1 Å². The second-order valence-electron chi connectivity index (χ2n) is 7.90. The number of nitrogens with two attached hydrogens (primary N) is 1. The lowest BCUT2D eigenvalue weighted by Gasteiger charge is -2.15. The summed E-state index contributed by atoms with van der Waals surface area (Å²) in [6, 6.07) is 5.35. The first kappa shape index (κ1) is 29.1. The number of aryl methyl sites for hydroxylation is 5. The number of rotatable bonds is 6. The van der Waals surface area contributed by atoms with E-state index in [0.717, 1.165) is 39.6 Å². The Morgan fingerprint density at radius 1 is 0.879 bits per heavy atom. The monoisotopic (exact) mass is 515 g/mol. The number of thioether (sulfide) groups is 1. The SMILES string of the molecule is Cc1cc(C)c(S(=O)(=O)NCCSC(=N)N)c(C)c1C.Cc1cc(C)c(S(=O)(=O)O)c(C)c1. The maximum atomic E-state index is 12.4. The van der Waals surface area contributed by atoms with E-state index >= 15 is 0 Å². The van der Waals surface area contributed by atoms with Gasteiger partial charge in [0.1, 0.15) is 0 Å². The third-order valence-electron chi connectivity index (χ3n) is 5.07. The van der Waals surface area contributed by atoms with Crippen LogP contribution in [0.5, 0.6) is 0 Å². The first-order chi connectivity index (χ1) is 15.0. The van der Waals surface area contributed by atoms with E-state index in [1.807, 2.05) is 33.8 Å². The summed E-state index contributed by atoms with van der Waals surface area (Å²) in [5, 5.41) is 7.06. The number of nitrogens with one attached hydrogen (secondary N) is 2. The highest BCUT2D eigenvalue weighted by atomic mass is 32.2. The van der Waals surface area contributed by atoms with Crippen molar-refractivity contribution in [3.8, 4) is 0 Å². The Morgan fingerprint density at radius 2 is 1.36 bits per heavy atom. The third kappa shape index (κ3) is 8.11. The van der Waals surface area contributed by atoms with Crippen LogP contribution in [-0.4, -0.2) is 38.9 Å². The van der Waals surface area contributed by atoms with Crippen LogP contribution in [0, 0.1) is 53.9 Å². The second kappa shape index (κ2) is 11.5. The van der Waals surface area contributed by atoms with E-state index in [1.54, 1.807) is 32.9 Å². The zero-order valence-corrected chi connectivity index (χ0v) is 22.5. The van der Waals surface area contributed by atoms with Crippen LogP contribution in [0.1, 0.15) is 38.9 Å². The molecule has 0 amide bonds. The number of hydrogen-bond donors (Lipinski definition) is 4. The molecule has 0 atom stereocenters. The Hall–Kier alpha value is -1.92. The van der Waals surface area contributed by atoms with Gasteiger partial charge in [-0.15, -0.1) is 0 Å². The van der Waals surface area contributed by atoms with Crippen molar-refractivity contribution in [3.63, 3.8) is 0 Å². The molecule has 0 saturated heterocycles. The van der Waals surface area contributed by atoms with Crippen molar-refractivity contribution in [2.75, 3.05) is 12.3 Å². The van der Waals surface area contributed by atoms with Gasteiger partial charge in [0, 0.05) is 12.3 Å². The number of amidine groups is 1.